The Hall–Kier alpha value is -2.11. The fourth-order valence-corrected chi connectivity index (χ4v) is 3.88. The van der Waals surface area contributed by atoms with Crippen LogP contribution >= 0.6 is 7.82 Å². The Bertz CT molecular complexity index is 888. The molecule has 2 aromatic heterocycles. The second-order valence-electron chi connectivity index (χ2n) is 5.56. The highest BCUT2D eigenvalue weighted by atomic mass is 31.2. The summed E-state index contributed by atoms with van der Waals surface area (Å²) in [4.78, 5) is 33.2. The van der Waals surface area contributed by atoms with Crippen molar-refractivity contribution in [1.29, 1.82) is 0 Å². The number of hydrogen-bond donors (Lipinski definition) is 2. The van der Waals surface area contributed by atoms with Gasteiger partial charge in [-0.15, -0.1) is 0 Å². The molecule has 0 aliphatic carbocycles. The number of phosphoric ester groups is 1. The minimum absolute atomic E-state index is 0.183. The molecule has 2 saturated heterocycles. The summed E-state index contributed by atoms with van der Waals surface area (Å²) in [6, 6.07) is 0. The molecule has 2 aliphatic heterocycles. The van der Waals surface area contributed by atoms with Gasteiger partial charge in [-0.05, 0) is 0 Å². The fraction of sp³-hybridized carbons (Fsp3) is 0.500. The Balaban J connectivity index is 1.75. The molecule has 134 valence electrons. The molecule has 2 fully saturated rings. The van der Waals surface area contributed by atoms with Gasteiger partial charge in [0, 0.05) is 6.92 Å². The topological polar surface area (TPSA) is 161 Å². The van der Waals surface area contributed by atoms with E-state index in [0.717, 1.165) is 0 Å². The number of nitrogens with zero attached hydrogens (tertiary/aromatic N) is 4. The van der Waals surface area contributed by atoms with Crippen LogP contribution in [0.4, 0.5) is 5.82 Å². The van der Waals surface area contributed by atoms with Crippen molar-refractivity contribution in [3.63, 3.8) is 0 Å². The molecule has 3 N–H and O–H groups in total. The number of rotatable bonds is 2. The van der Waals surface area contributed by atoms with Crippen molar-refractivity contribution in [2.75, 3.05) is 12.3 Å². The number of carbonyl (C=O) groups excluding carboxylic acids is 1. The first-order valence-electron chi connectivity index (χ1n) is 7.27. The molecule has 0 saturated carbocycles. The maximum atomic E-state index is 11.7. The molecule has 13 heteroatoms. The van der Waals surface area contributed by atoms with Crippen molar-refractivity contribution in [2.45, 2.75) is 31.5 Å². The van der Waals surface area contributed by atoms with Crippen LogP contribution in [0.3, 0.4) is 0 Å². The number of nitrogens with two attached hydrogens (primary N) is 1. The van der Waals surface area contributed by atoms with Crippen LogP contribution in [0.1, 0.15) is 13.2 Å². The van der Waals surface area contributed by atoms with Crippen molar-refractivity contribution >= 4 is 30.8 Å². The van der Waals surface area contributed by atoms with Crippen LogP contribution in [0.25, 0.3) is 11.2 Å². The highest BCUT2D eigenvalue weighted by Crippen LogP contribution is 2.53. The smallest absolute Gasteiger partial charge is 0.455 e. The number of hydrogen-bond acceptors (Lipinski definition) is 10. The standard InChI is InChI=1S/C12H14N5O7P/c1-5(18)22-9-8-6(2-21-25(19,20)24-8)23-12(9)17-4-16-7-10(13)14-3-15-11(7)17/h3-4,6,8-9,12H,2H2,1H3,(H,19,20)(H2,13,14,15)/t6-,8-,9-,12-/m1/s1. The number of nitrogen functional groups attached to an aromatic ring is 1. The van der Waals surface area contributed by atoms with E-state index in [1.807, 2.05) is 0 Å². The van der Waals surface area contributed by atoms with Gasteiger partial charge in [-0.25, -0.2) is 19.5 Å². The number of anilines is 1. The molecule has 25 heavy (non-hydrogen) atoms. The number of phosphoric acid groups is 1. The largest absolute Gasteiger partial charge is 0.472 e. The second-order valence-corrected chi connectivity index (χ2v) is 6.96. The molecule has 12 nitrogen and oxygen atoms in total. The molecular weight excluding hydrogens is 357 g/mol. The Morgan fingerprint density at radius 1 is 1.48 bits per heavy atom. The number of aromatic nitrogens is 4. The lowest BCUT2D eigenvalue weighted by molar-refractivity contribution is -0.155. The van der Waals surface area contributed by atoms with Crippen LogP contribution in [0, 0.1) is 0 Å². The van der Waals surface area contributed by atoms with Crippen LogP contribution < -0.4 is 5.73 Å². The monoisotopic (exact) mass is 371 g/mol. The van der Waals surface area contributed by atoms with Crippen LogP contribution in [0.5, 0.6) is 0 Å². The number of ether oxygens (including phenoxy) is 2. The second kappa shape index (κ2) is 5.71. The van der Waals surface area contributed by atoms with E-state index in [0.29, 0.717) is 11.2 Å². The summed E-state index contributed by atoms with van der Waals surface area (Å²) in [6.45, 7) is 1.03. The van der Waals surface area contributed by atoms with Gasteiger partial charge in [0.1, 0.15) is 24.1 Å². The van der Waals surface area contributed by atoms with Crippen LogP contribution in [-0.4, -0.2) is 55.3 Å². The van der Waals surface area contributed by atoms with Gasteiger partial charge >= 0.3 is 13.8 Å². The molecule has 0 bridgehead atoms. The summed E-state index contributed by atoms with van der Waals surface area (Å²) < 4.78 is 34.2. The number of fused-ring (bicyclic) bond motifs is 2. The number of carbonyl (C=O) groups is 1. The Labute approximate surface area is 140 Å². The SMILES string of the molecule is CC(=O)O[C@@H]1[C@@H]2OP(=O)(O)OC[C@H]2O[C@H]1n1cnc2c(N)ncnc21. The van der Waals surface area contributed by atoms with Gasteiger partial charge in [0.25, 0.3) is 0 Å². The van der Waals surface area contributed by atoms with Crippen LogP contribution in [0.15, 0.2) is 12.7 Å². The Morgan fingerprint density at radius 2 is 2.28 bits per heavy atom. The predicted octanol–water partition coefficient (Wildman–Crippen LogP) is -0.247. The van der Waals surface area contributed by atoms with E-state index < -0.39 is 38.3 Å². The average molecular weight is 371 g/mol. The van der Waals surface area contributed by atoms with E-state index >= 15 is 0 Å². The van der Waals surface area contributed by atoms with E-state index in [1.165, 1.54) is 24.1 Å². The van der Waals surface area contributed by atoms with Crippen molar-refractivity contribution < 1.29 is 32.8 Å². The van der Waals surface area contributed by atoms with E-state index in [9.17, 15) is 14.3 Å². The average Bonchev–Trinajstić information content (AvgIpc) is 3.09. The molecule has 0 aromatic carbocycles. The Morgan fingerprint density at radius 3 is 3.04 bits per heavy atom. The summed E-state index contributed by atoms with van der Waals surface area (Å²) >= 11 is 0. The maximum absolute atomic E-state index is 11.7. The minimum atomic E-state index is -4.24. The van der Waals surface area contributed by atoms with Gasteiger partial charge in [0.2, 0.25) is 0 Å². The molecule has 2 aliphatic rings. The van der Waals surface area contributed by atoms with Crippen molar-refractivity contribution in [3.8, 4) is 0 Å². The highest BCUT2D eigenvalue weighted by molar-refractivity contribution is 7.47. The summed E-state index contributed by atoms with van der Waals surface area (Å²) in [7, 11) is -4.24. The van der Waals surface area contributed by atoms with Crippen LogP contribution in [0.2, 0.25) is 0 Å². The number of imidazole rings is 1. The van der Waals surface area contributed by atoms with Gasteiger partial charge in [-0.3, -0.25) is 18.4 Å². The third-order valence-corrected chi connectivity index (χ3v) is 4.89. The molecule has 1 unspecified atom stereocenters. The summed E-state index contributed by atoms with van der Waals surface area (Å²) in [5.41, 5.74) is 6.48. The van der Waals surface area contributed by atoms with Gasteiger partial charge in [-0.1, -0.05) is 0 Å². The third kappa shape index (κ3) is 2.77. The predicted molar refractivity (Wildman–Crippen MR) is 79.8 cm³/mol. The highest BCUT2D eigenvalue weighted by Gasteiger charge is 2.55. The van der Waals surface area contributed by atoms with Crippen molar-refractivity contribution in [2.24, 2.45) is 0 Å². The van der Waals surface area contributed by atoms with Gasteiger partial charge in [0.05, 0.1) is 12.9 Å². The Kier molecular flexibility index (Phi) is 3.74. The molecule has 2 aromatic rings. The lowest BCUT2D eigenvalue weighted by Crippen LogP contribution is -2.41. The van der Waals surface area contributed by atoms with Crippen LogP contribution in [-0.2, 0) is 27.9 Å². The zero-order chi connectivity index (χ0) is 17.8. The first-order valence-corrected chi connectivity index (χ1v) is 8.77. The molecule has 0 amide bonds. The van der Waals surface area contributed by atoms with E-state index in [-0.39, 0.29) is 12.4 Å². The molecule has 0 radical (unpaired) electrons. The molecule has 4 heterocycles. The van der Waals surface area contributed by atoms with Gasteiger partial charge in [-0.2, -0.15) is 0 Å². The third-order valence-electron chi connectivity index (χ3n) is 3.91. The van der Waals surface area contributed by atoms with Crippen molar-refractivity contribution in [3.05, 3.63) is 12.7 Å². The van der Waals surface area contributed by atoms with E-state index in [2.05, 4.69) is 15.0 Å². The first-order chi connectivity index (χ1) is 11.9. The summed E-state index contributed by atoms with van der Waals surface area (Å²) in [5, 5.41) is 0. The molecule has 5 atom stereocenters. The molecule has 4 rings (SSSR count). The van der Waals surface area contributed by atoms with Gasteiger partial charge < -0.3 is 20.1 Å². The zero-order valence-electron chi connectivity index (χ0n) is 12.9. The number of esters is 1. The quantitative estimate of drug-likeness (QED) is 0.529. The summed E-state index contributed by atoms with van der Waals surface area (Å²) in [5.74, 6) is -0.414. The lowest BCUT2D eigenvalue weighted by atomic mass is 10.1. The van der Waals surface area contributed by atoms with E-state index in [4.69, 9.17) is 24.3 Å². The lowest BCUT2D eigenvalue weighted by Gasteiger charge is -2.29. The molecular formula is C12H14N5O7P. The maximum Gasteiger partial charge on any atom is 0.472 e. The normalized spacial score (nSPS) is 34.8. The van der Waals surface area contributed by atoms with E-state index in [1.54, 1.807) is 0 Å². The van der Waals surface area contributed by atoms with Gasteiger partial charge in [0.15, 0.2) is 23.8 Å². The first kappa shape index (κ1) is 16.4. The zero-order valence-corrected chi connectivity index (χ0v) is 13.8. The van der Waals surface area contributed by atoms with Crippen molar-refractivity contribution in [1.82, 2.24) is 19.5 Å². The summed E-state index contributed by atoms with van der Waals surface area (Å²) in [6.07, 6.45) is -0.899. The minimum Gasteiger partial charge on any atom is -0.455 e. The molecule has 0 spiro atoms. The fourth-order valence-electron chi connectivity index (χ4n) is 2.92.